The van der Waals surface area contributed by atoms with Gasteiger partial charge in [-0.25, -0.2) is 0 Å². The van der Waals surface area contributed by atoms with E-state index in [1.165, 1.54) is 0 Å². The van der Waals surface area contributed by atoms with Crippen LogP contribution >= 0.6 is 15.9 Å². The molecule has 19 heavy (non-hydrogen) atoms. The Bertz CT molecular complexity index is 440. The molecular formula is C13H18BrNO4. The Morgan fingerprint density at radius 3 is 2.74 bits per heavy atom. The number of amides is 1. The highest BCUT2D eigenvalue weighted by molar-refractivity contribution is 9.10. The molecule has 0 aliphatic carbocycles. The molecule has 1 fully saturated rings. The quantitative estimate of drug-likeness (QED) is 0.900. The summed E-state index contributed by atoms with van der Waals surface area (Å²) in [6.45, 7) is 5.81. The summed E-state index contributed by atoms with van der Waals surface area (Å²) in [4.78, 5) is 11.8. The highest BCUT2D eigenvalue weighted by Crippen LogP contribution is 2.26. The average molecular weight is 332 g/mol. The number of nitrogens with one attached hydrogen (secondary N) is 1. The van der Waals surface area contributed by atoms with Crippen molar-refractivity contribution < 1.29 is 18.7 Å². The minimum absolute atomic E-state index is 0.212. The Morgan fingerprint density at radius 2 is 2.16 bits per heavy atom. The van der Waals surface area contributed by atoms with Gasteiger partial charge in [0.15, 0.2) is 16.2 Å². The van der Waals surface area contributed by atoms with Crippen LogP contribution in [0.5, 0.6) is 0 Å². The van der Waals surface area contributed by atoms with Crippen molar-refractivity contribution in [3.63, 3.8) is 0 Å². The SMILES string of the molecule is C[C@@H](CNC(=O)c1ccc(Br)o1)CC1(C)OCCO1. The van der Waals surface area contributed by atoms with Gasteiger partial charge in [-0.15, -0.1) is 0 Å². The van der Waals surface area contributed by atoms with Crippen LogP contribution in [-0.2, 0) is 9.47 Å². The molecule has 6 heteroatoms. The molecule has 1 aliphatic rings. The second-order valence-corrected chi connectivity index (χ2v) is 5.74. The van der Waals surface area contributed by atoms with Crippen molar-refractivity contribution in [2.24, 2.45) is 5.92 Å². The van der Waals surface area contributed by atoms with Crippen molar-refractivity contribution >= 4 is 21.8 Å². The van der Waals surface area contributed by atoms with Crippen LogP contribution in [0.4, 0.5) is 0 Å². The predicted octanol–water partition coefficient (Wildman–Crippen LogP) is 2.56. The average Bonchev–Trinajstić information content (AvgIpc) is 2.95. The fraction of sp³-hybridized carbons (Fsp3) is 0.615. The monoisotopic (exact) mass is 331 g/mol. The number of carbonyl (C=O) groups is 1. The third-order valence-electron chi connectivity index (χ3n) is 3.03. The van der Waals surface area contributed by atoms with Gasteiger partial charge < -0.3 is 19.2 Å². The van der Waals surface area contributed by atoms with Crippen molar-refractivity contribution in [3.05, 3.63) is 22.6 Å². The van der Waals surface area contributed by atoms with Crippen LogP contribution in [0.1, 0.15) is 30.8 Å². The van der Waals surface area contributed by atoms with Crippen LogP contribution in [0.25, 0.3) is 0 Å². The molecule has 5 nitrogen and oxygen atoms in total. The second kappa shape index (κ2) is 6.07. The first-order valence-electron chi connectivity index (χ1n) is 6.30. The summed E-state index contributed by atoms with van der Waals surface area (Å²) in [6, 6.07) is 3.33. The van der Waals surface area contributed by atoms with E-state index in [1.807, 2.05) is 6.92 Å². The lowest BCUT2D eigenvalue weighted by Gasteiger charge is -2.25. The third-order valence-corrected chi connectivity index (χ3v) is 3.45. The molecule has 2 heterocycles. The van der Waals surface area contributed by atoms with Gasteiger partial charge in [-0.05, 0) is 40.9 Å². The summed E-state index contributed by atoms with van der Waals surface area (Å²) in [7, 11) is 0. The normalized spacial score (nSPS) is 19.3. The zero-order chi connectivity index (χ0) is 13.9. The highest BCUT2D eigenvalue weighted by Gasteiger charge is 2.32. The summed E-state index contributed by atoms with van der Waals surface area (Å²) in [5.74, 6) is -0.169. The molecule has 0 unspecified atom stereocenters. The standard InChI is InChI=1S/C13H18BrNO4/c1-9(7-13(2)17-5-6-18-13)8-15-12(16)10-3-4-11(14)19-10/h3-4,9H,5-8H2,1-2H3,(H,15,16)/t9-/m1/s1. The first kappa shape index (κ1) is 14.6. The molecule has 1 amide bonds. The van der Waals surface area contributed by atoms with Crippen molar-refractivity contribution in [1.82, 2.24) is 5.32 Å². The molecule has 0 aromatic carbocycles. The molecular weight excluding hydrogens is 314 g/mol. The maximum atomic E-state index is 11.8. The van der Waals surface area contributed by atoms with Gasteiger partial charge in [0.25, 0.3) is 5.91 Å². The number of halogens is 1. The largest absolute Gasteiger partial charge is 0.444 e. The molecule has 1 aliphatic heterocycles. The van der Waals surface area contributed by atoms with Crippen LogP contribution < -0.4 is 5.32 Å². The lowest BCUT2D eigenvalue weighted by Crippen LogP contribution is -2.34. The van der Waals surface area contributed by atoms with Gasteiger partial charge in [0.05, 0.1) is 13.2 Å². The van der Waals surface area contributed by atoms with E-state index in [1.54, 1.807) is 12.1 Å². The van der Waals surface area contributed by atoms with Gasteiger partial charge >= 0.3 is 0 Å². The van der Waals surface area contributed by atoms with Gasteiger partial charge in [0.1, 0.15) is 0 Å². The van der Waals surface area contributed by atoms with Crippen molar-refractivity contribution in [2.45, 2.75) is 26.1 Å². The van der Waals surface area contributed by atoms with E-state index in [9.17, 15) is 4.79 Å². The summed E-state index contributed by atoms with van der Waals surface area (Å²) in [6.07, 6.45) is 0.745. The molecule has 2 rings (SSSR count). The molecule has 1 N–H and O–H groups in total. The Labute approximate surface area is 120 Å². The van der Waals surface area contributed by atoms with Gasteiger partial charge in [-0.1, -0.05) is 6.92 Å². The minimum atomic E-state index is -0.516. The van der Waals surface area contributed by atoms with Crippen LogP contribution in [0, 0.1) is 5.92 Å². The summed E-state index contributed by atoms with van der Waals surface area (Å²) < 4.78 is 16.8. The van der Waals surface area contributed by atoms with Gasteiger partial charge in [0.2, 0.25) is 0 Å². The van der Waals surface area contributed by atoms with E-state index in [2.05, 4.69) is 28.2 Å². The topological polar surface area (TPSA) is 60.7 Å². The lowest BCUT2D eigenvalue weighted by atomic mass is 10.0. The lowest BCUT2D eigenvalue weighted by molar-refractivity contribution is -0.153. The summed E-state index contributed by atoms with van der Waals surface area (Å²) in [5.41, 5.74) is 0. The zero-order valence-electron chi connectivity index (χ0n) is 11.1. The number of furan rings is 1. The van der Waals surface area contributed by atoms with E-state index < -0.39 is 5.79 Å². The molecule has 106 valence electrons. The van der Waals surface area contributed by atoms with Crippen LogP contribution in [0.3, 0.4) is 0 Å². The Morgan fingerprint density at radius 1 is 1.47 bits per heavy atom. The van der Waals surface area contributed by atoms with E-state index in [-0.39, 0.29) is 11.8 Å². The molecule has 1 saturated heterocycles. The van der Waals surface area contributed by atoms with Crippen molar-refractivity contribution in [1.29, 1.82) is 0 Å². The summed E-state index contributed by atoms with van der Waals surface area (Å²) >= 11 is 3.17. The number of hydrogen-bond donors (Lipinski definition) is 1. The smallest absolute Gasteiger partial charge is 0.287 e. The first-order chi connectivity index (χ1) is 8.98. The maximum absolute atomic E-state index is 11.8. The fourth-order valence-electron chi connectivity index (χ4n) is 2.17. The van der Waals surface area contributed by atoms with E-state index >= 15 is 0 Å². The van der Waals surface area contributed by atoms with Gasteiger partial charge in [-0.2, -0.15) is 0 Å². The molecule has 1 aromatic heterocycles. The van der Waals surface area contributed by atoms with Crippen LogP contribution in [-0.4, -0.2) is 31.5 Å². The van der Waals surface area contributed by atoms with E-state index in [4.69, 9.17) is 13.9 Å². The molecule has 1 aromatic rings. The first-order valence-corrected chi connectivity index (χ1v) is 7.09. The van der Waals surface area contributed by atoms with E-state index in [0.717, 1.165) is 6.42 Å². The van der Waals surface area contributed by atoms with Gasteiger partial charge in [0, 0.05) is 13.0 Å². The van der Waals surface area contributed by atoms with Gasteiger partial charge in [-0.3, -0.25) is 4.79 Å². The fourth-order valence-corrected chi connectivity index (χ4v) is 2.48. The predicted molar refractivity (Wildman–Crippen MR) is 72.8 cm³/mol. The highest BCUT2D eigenvalue weighted by atomic mass is 79.9. The Balaban J connectivity index is 1.77. The molecule has 1 atom stereocenters. The van der Waals surface area contributed by atoms with Crippen molar-refractivity contribution in [2.75, 3.05) is 19.8 Å². The minimum Gasteiger partial charge on any atom is -0.444 e. The Kier molecular flexibility index (Phi) is 4.65. The van der Waals surface area contributed by atoms with Crippen LogP contribution in [0.15, 0.2) is 21.2 Å². The third kappa shape index (κ3) is 4.06. The maximum Gasteiger partial charge on any atom is 0.287 e. The molecule has 0 spiro atoms. The number of hydrogen-bond acceptors (Lipinski definition) is 4. The second-order valence-electron chi connectivity index (χ2n) is 4.95. The molecule has 0 saturated carbocycles. The number of rotatable bonds is 5. The van der Waals surface area contributed by atoms with Crippen molar-refractivity contribution in [3.8, 4) is 0 Å². The number of carbonyl (C=O) groups excluding carboxylic acids is 1. The number of ether oxygens (including phenoxy) is 2. The Hall–Kier alpha value is -0.850. The molecule has 0 radical (unpaired) electrons. The zero-order valence-corrected chi connectivity index (χ0v) is 12.7. The summed E-state index contributed by atoms with van der Waals surface area (Å²) in [5, 5.41) is 2.84. The van der Waals surface area contributed by atoms with Crippen LogP contribution in [0.2, 0.25) is 0 Å². The van der Waals surface area contributed by atoms with E-state index in [0.29, 0.717) is 30.2 Å². The molecule has 0 bridgehead atoms.